The fourth-order valence-corrected chi connectivity index (χ4v) is 5.98. The Morgan fingerprint density at radius 2 is 1.83 bits per heavy atom. The van der Waals surface area contributed by atoms with E-state index in [2.05, 4.69) is 4.98 Å². The molecule has 35 heavy (non-hydrogen) atoms. The number of anilines is 1. The Morgan fingerprint density at radius 1 is 1.09 bits per heavy atom. The Bertz CT molecular complexity index is 1410. The first-order valence-electron chi connectivity index (χ1n) is 11.1. The van der Waals surface area contributed by atoms with Crippen molar-refractivity contribution in [2.24, 2.45) is 0 Å². The van der Waals surface area contributed by atoms with E-state index in [-0.39, 0.29) is 29.4 Å². The van der Waals surface area contributed by atoms with Gasteiger partial charge in [0.2, 0.25) is 5.91 Å². The van der Waals surface area contributed by atoms with Gasteiger partial charge < -0.3 is 4.74 Å². The van der Waals surface area contributed by atoms with Gasteiger partial charge >= 0.3 is 0 Å². The number of ether oxygens (including phenoxy) is 1. The molecule has 0 fully saturated rings. The zero-order valence-corrected chi connectivity index (χ0v) is 21.4. The summed E-state index contributed by atoms with van der Waals surface area (Å²) in [5, 5.41) is 1.00. The predicted octanol–water partition coefficient (Wildman–Crippen LogP) is 5.53. The number of benzene rings is 2. The first kappa shape index (κ1) is 25.1. The Morgan fingerprint density at radius 3 is 2.54 bits per heavy atom. The topological polar surface area (TPSA) is 89.5 Å². The molecule has 0 unspecified atom stereocenters. The fourth-order valence-electron chi connectivity index (χ4n) is 3.54. The third-order valence-electron chi connectivity index (χ3n) is 5.27. The van der Waals surface area contributed by atoms with Crippen LogP contribution in [-0.2, 0) is 21.2 Å². The summed E-state index contributed by atoms with van der Waals surface area (Å²) < 4.78 is 32.0. The third kappa shape index (κ3) is 6.17. The van der Waals surface area contributed by atoms with Crippen molar-refractivity contribution in [1.29, 1.82) is 0 Å². The van der Waals surface area contributed by atoms with Crippen LogP contribution in [-0.4, -0.2) is 36.7 Å². The van der Waals surface area contributed by atoms with E-state index in [0.29, 0.717) is 34.6 Å². The Balaban J connectivity index is 1.55. The minimum atomic E-state index is -3.52. The lowest BCUT2D eigenvalue weighted by Crippen LogP contribution is -2.30. The molecule has 0 aliphatic carbocycles. The van der Waals surface area contributed by atoms with E-state index in [1.165, 1.54) is 23.5 Å². The van der Waals surface area contributed by atoms with Gasteiger partial charge in [0.05, 0.1) is 28.5 Å². The number of carbonyl (C=O) groups excluding carboxylic acids is 1. The van der Waals surface area contributed by atoms with Gasteiger partial charge in [-0.1, -0.05) is 29.0 Å². The Labute approximate surface area is 213 Å². The van der Waals surface area contributed by atoms with Gasteiger partial charge in [-0.2, -0.15) is 0 Å². The molecule has 7 nitrogen and oxygen atoms in total. The van der Waals surface area contributed by atoms with Crippen LogP contribution in [0.1, 0.15) is 25.3 Å². The van der Waals surface area contributed by atoms with Crippen molar-refractivity contribution in [2.75, 3.05) is 17.3 Å². The van der Waals surface area contributed by atoms with E-state index in [1.54, 1.807) is 29.4 Å². The molecular formula is C25H24ClN3O4S2. The molecule has 0 spiro atoms. The van der Waals surface area contributed by atoms with Gasteiger partial charge in [-0.15, -0.1) is 0 Å². The molecule has 4 rings (SSSR count). The van der Waals surface area contributed by atoms with E-state index in [4.69, 9.17) is 21.3 Å². The maximum Gasteiger partial charge on any atom is 0.229 e. The van der Waals surface area contributed by atoms with Gasteiger partial charge in [0.1, 0.15) is 11.3 Å². The lowest BCUT2D eigenvalue weighted by Gasteiger charge is -2.20. The zero-order valence-electron chi connectivity index (χ0n) is 19.1. The van der Waals surface area contributed by atoms with E-state index in [1.807, 2.05) is 37.3 Å². The molecule has 182 valence electrons. The average Bonchev–Trinajstić information content (AvgIpc) is 3.28. The van der Waals surface area contributed by atoms with Crippen LogP contribution in [0.5, 0.6) is 5.75 Å². The number of rotatable bonds is 10. The molecule has 0 saturated heterocycles. The number of amides is 1. The maximum absolute atomic E-state index is 13.3. The van der Waals surface area contributed by atoms with E-state index < -0.39 is 9.84 Å². The molecule has 0 atom stereocenters. The highest BCUT2D eigenvalue weighted by Gasteiger charge is 2.23. The minimum Gasteiger partial charge on any atom is -0.492 e. The summed E-state index contributed by atoms with van der Waals surface area (Å²) in [6, 6.07) is 15.4. The van der Waals surface area contributed by atoms with Crippen LogP contribution >= 0.6 is 22.9 Å². The largest absolute Gasteiger partial charge is 0.492 e. The molecule has 0 aliphatic rings. The SMILES string of the molecule is CCOc1cccc2sc(N(Cc3ccncc3)C(=O)CCCS(=O)(=O)c3ccc(Cl)cc3)nc12. The standard InChI is InChI=1S/C25H24ClN3O4S2/c1-2-33-21-5-3-6-22-24(21)28-25(34-22)29(17-18-12-14-27-15-13-18)23(30)7-4-16-35(31,32)20-10-8-19(26)9-11-20/h3,5-6,8-15H,2,4,7,16-17H2,1H3. The second-order valence-electron chi connectivity index (χ2n) is 7.74. The number of aromatic nitrogens is 2. The first-order valence-corrected chi connectivity index (χ1v) is 13.9. The number of carbonyl (C=O) groups is 1. The van der Waals surface area contributed by atoms with Crippen LogP contribution in [0.15, 0.2) is 71.9 Å². The zero-order chi connectivity index (χ0) is 24.8. The second kappa shape index (κ2) is 11.2. The summed E-state index contributed by atoms with van der Waals surface area (Å²) in [6.45, 7) is 2.71. The van der Waals surface area contributed by atoms with Crippen LogP contribution in [0.3, 0.4) is 0 Å². The van der Waals surface area contributed by atoms with E-state index in [0.717, 1.165) is 10.3 Å². The van der Waals surface area contributed by atoms with Crippen LogP contribution in [0.2, 0.25) is 5.02 Å². The monoisotopic (exact) mass is 529 g/mol. The molecule has 0 radical (unpaired) electrons. The number of fused-ring (bicyclic) bond motifs is 1. The first-order chi connectivity index (χ1) is 16.9. The van der Waals surface area contributed by atoms with E-state index >= 15 is 0 Å². The maximum atomic E-state index is 13.3. The molecule has 0 bridgehead atoms. The Kier molecular flexibility index (Phi) is 8.00. The number of hydrogen-bond donors (Lipinski definition) is 0. The second-order valence-corrected chi connectivity index (χ2v) is 11.3. The molecule has 0 saturated carbocycles. The average molecular weight is 530 g/mol. The van der Waals surface area contributed by atoms with Gasteiger partial charge in [-0.25, -0.2) is 13.4 Å². The summed E-state index contributed by atoms with van der Waals surface area (Å²) in [5.41, 5.74) is 1.60. The highest BCUT2D eigenvalue weighted by Crippen LogP contribution is 2.35. The number of thiazole rings is 1. The van der Waals surface area contributed by atoms with Crippen molar-refractivity contribution in [3.8, 4) is 5.75 Å². The minimum absolute atomic E-state index is 0.0617. The van der Waals surface area contributed by atoms with Crippen molar-refractivity contribution in [1.82, 2.24) is 9.97 Å². The number of para-hydroxylation sites is 1. The Hall–Kier alpha value is -3.01. The molecule has 2 heterocycles. The van der Waals surface area contributed by atoms with Gasteiger partial charge in [0.15, 0.2) is 15.0 Å². The quantitative estimate of drug-likeness (QED) is 0.268. The number of sulfone groups is 1. The third-order valence-corrected chi connectivity index (χ3v) is 8.38. The molecule has 10 heteroatoms. The van der Waals surface area contributed by atoms with Crippen molar-refractivity contribution >= 4 is 54.0 Å². The molecule has 0 aliphatic heterocycles. The summed E-state index contributed by atoms with van der Waals surface area (Å²) in [4.78, 5) is 23.9. The molecule has 2 aromatic heterocycles. The van der Waals surface area contributed by atoms with Crippen molar-refractivity contribution < 1.29 is 17.9 Å². The number of nitrogens with zero attached hydrogens (tertiary/aromatic N) is 3. The number of hydrogen-bond acceptors (Lipinski definition) is 7. The summed E-state index contributed by atoms with van der Waals surface area (Å²) in [6.07, 6.45) is 3.59. The lowest BCUT2D eigenvalue weighted by molar-refractivity contribution is -0.118. The highest BCUT2D eigenvalue weighted by atomic mass is 35.5. The smallest absolute Gasteiger partial charge is 0.229 e. The predicted molar refractivity (Wildman–Crippen MR) is 139 cm³/mol. The van der Waals surface area contributed by atoms with Crippen LogP contribution in [0.25, 0.3) is 10.2 Å². The summed E-state index contributed by atoms with van der Waals surface area (Å²) in [7, 11) is -3.52. The van der Waals surface area contributed by atoms with Crippen molar-refractivity contribution in [3.05, 3.63) is 77.6 Å². The molecule has 1 amide bonds. The fraction of sp³-hybridized carbons (Fsp3) is 0.240. The van der Waals surface area contributed by atoms with Crippen molar-refractivity contribution in [2.45, 2.75) is 31.2 Å². The normalized spacial score (nSPS) is 11.5. The van der Waals surface area contributed by atoms with Gasteiger partial charge in [-0.3, -0.25) is 14.7 Å². The number of pyridine rings is 1. The molecular weight excluding hydrogens is 506 g/mol. The van der Waals surface area contributed by atoms with Crippen molar-refractivity contribution in [3.63, 3.8) is 0 Å². The van der Waals surface area contributed by atoms with Gasteiger partial charge in [0.25, 0.3) is 0 Å². The van der Waals surface area contributed by atoms with Gasteiger partial charge in [-0.05, 0) is 67.4 Å². The van der Waals surface area contributed by atoms with Gasteiger partial charge in [0, 0.05) is 23.8 Å². The molecule has 0 N–H and O–H groups in total. The number of halogens is 1. The molecule has 2 aromatic carbocycles. The van der Waals surface area contributed by atoms with E-state index in [9.17, 15) is 13.2 Å². The summed E-state index contributed by atoms with van der Waals surface area (Å²) in [5.74, 6) is 0.320. The lowest BCUT2D eigenvalue weighted by atomic mass is 10.2. The van der Waals surface area contributed by atoms with Crippen LogP contribution < -0.4 is 9.64 Å². The molecule has 4 aromatic rings. The van der Waals surface area contributed by atoms with Crippen LogP contribution in [0, 0.1) is 0 Å². The highest BCUT2D eigenvalue weighted by molar-refractivity contribution is 7.91. The van der Waals surface area contributed by atoms with Crippen LogP contribution in [0.4, 0.5) is 5.13 Å². The summed E-state index contributed by atoms with van der Waals surface area (Å²) >= 11 is 7.26.